The highest BCUT2D eigenvalue weighted by Crippen LogP contribution is 2.51. The molecule has 0 spiro atoms. The van der Waals surface area contributed by atoms with Crippen LogP contribution in [-0.2, 0) is 0 Å². The monoisotopic (exact) mass is 138 g/mol. The Hall–Kier alpha value is -0.300. The molecule has 2 rings (SSSR count). The zero-order valence-electron chi connectivity index (χ0n) is 6.38. The number of rotatable bonds is 1. The van der Waals surface area contributed by atoms with Gasteiger partial charge in [0.1, 0.15) is 0 Å². The molecule has 0 amide bonds. The Morgan fingerprint density at radius 2 is 2.40 bits per heavy atom. The van der Waals surface area contributed by atoms with Gasteiger partial charge in [0.05, 0.1) is 0 Å². The van der Waals surface area contributed by atoms with Gasteiger partial charge >= 0.3 is 0 Å². The normalized spacial score (nSPS) is 50.6. The molecule has 0 aromatic rings. The quantitative estimate of drug-likeness (QED) is 0.545. The van der Waals surface area contributed by atoms with E-state index in [2.05, 4.69) is 19.1 Å². The molecule has 10 heavy (non-hydrogen) atoms. The number of fused-ring (bicyclic) bond motifs is 2. The summed E-state index contributed by atoms with van der Waals surface area (Å²) in [6.07, 6.45) is 7.08. The molecular weight excluding hydrogens is 124 g/mol. The minimum Gasteiger partial charge on any atom is -0.396 e. The Morgan fingerprint density at radius 3 is 2.70 bits per heavy atom. The second-order valence-corrected chi connectivity index (χ2v) is 4.00. The summed E-state index contributed by atoms with van der Waals surface area (Å²) in [5.41, 5.74) is 0.222. The maximum Gasteiger partial charge on any atom is 0.0490 e. The molecule has 3 unspecified atom stereocenters. The van der Waals surface area contributed by atoms with E-state index in [1.54, 1.807) is 0 Å². The van der Waals surface area contributed by atoms with Crippen molar-refractivity contribution in [3.63, 3.8) is 0 Å². The van der Waals surface area contributed by atoms with Crippen LogP contribution in [-0.4, -0.2) is 11.7 Å². The highest BCUT2D eigenvalue weighted by molar-refractivity contribution is 5.14. The molecule has 56 valence electrons. The van der Waals surface area contributed by atoms with Gasteiger partial charge in [-0.2, -0.15) is 0 Å². The summed E-state index contributed by atoms with van der Waals surface area (Å²) < 4.78 is 0. The molecule has 2 aliphatic rings. The van der Waals surface area contributed by atoms with E-state index in [9.17, 15) is 0 Å². The van der Waals surface area contributed by atoms with Gasteiger partial charge in [-0.1, -0.05) is 19.1 Å². The SMILES string of the molecule is CC1(CO)CC2C=CC1C2. The number of aliphatic hydroxyl groups excluding tert-OH is 1. The molecule has 1 nitrogen and oxygen atoms in total. The van der Waals surface area contributed by atoms with Gasteiger partial charge in [-0.25, -0.2) is 0 Å². The lowest BCUT2D eigenvalue weighted by Gasteiger charge is -2.28. The van der Waals surface area contributed by atoms with Gasteiger partial charge in [-0.3, -0.25) is 0 Å². The number of aliphatic hydroxyl groups is 1. The molecule has 0 heterocycles. The third-order valence-electron chi connectivity index (χ3n) is 3.16. The lowest BCUT2D eigenvalue weighted by atomic mass is 9.78. The summed E-state index contributed by atoms with van der Waals surface area (Å²) in [5, 5.41) is 9.11. The summed E-state index contributed by atoms with van der Waals surface area (Å²) in [7, 11) is 0. The zero-order valence-corrected chi connectivity index (χ0v) is 6.38. The highest BCUT2D eigenvalue weighted by atomic mass is 16.3. The van der Waals surface area contributed by atoms with Crippen molar-refractivity contribution in [2.24, 2.45) is 17.3 Å². The van der Waals surface area contributed by atoms with Crippen LogP contribution in [0.1, 0.15) is 19.8 Å². The van der Waals surface area contributed by atoms with Crippen molar-refractivity contribution in [2.45, 2.75) is 19.8 Å². The average Bonchev–Trinajstić information content (AvgIpc) is 2.46. The standard InChI is InChI=1S/C9H14O/c1-9(6-10)5-7-2-3-8(9)4-7/h2-3,7-8,10H,4-6H2,1H3. The van der Waals surface area contributed by atoms with E-state index >= 15 is 0 Å². The molecule has 0 aliphatic heterocycles. The van der Waals surface area contributed by atoms with Gasteiger partial charge in [0.15, 0.2) is 0 Å². The summed E-state index contributed by atoms with van der Waals surface area (Å²) in [5.74, 6) is 1.45. The second kappa shape index (κ2) is 1.85. The summed E-state index contributed by atoms with van der Waals surface area (Å²) >= 11 is 0. The molecule has 1 N–H and O–H groups in total. The highest BCUT2D eigenvalue weighted by Gasteiger charge is 2.44. The second-order valence-electron chi connectivity index (χ2n) is 4.00. The molecule has 0 aromatic heterocycles. The topological polar surface area (TPSA) is 20.2 Å². The zero-order chi connectivity index (χ0) is 7.19. The molecule has 3 atom stereocenters. The molecule has 2 aliphatic carbocycles. The van der Waals surface area contributed by atoms with Crippen LogP contribution in [0.4, 0.5) is 0 Å². The molecule has 1 saturated carbocycles. The molecular formula is C9H14O. The van der Waals surface area contributed by atoms with Crippen LogP contribution in [0.5, 0.6) is 0 Å². The van der Waals surface area contributed by atoms with Gasteiger partial charge in [0.2, 0.25) is 0 Å². The van der Waals surface area contributed by atoms with Crippen LogP contribution in [0, 0.1) is 17.3 Å². The fourth-order valence-electron chi connectivity index (χ4n) is 2.37. The van der Waals surface area contributed by atoms with Gasteiger partial charge in [-0.15, -0.1) is 0 Å². The largest absolute Gasteiger partial charge is 0.396 e. The minimum atomic E-state index is 0.222. The van der Waals surface area contributed by atoms with Crippen molar-refractivity contribution in [2.75, 3.05) is 6.61 Å². The van der Waals surface area contributed by atoms with E-state index in [-0.39, 0.29) is 5.41 Å². The maximum atomic E-state index is 9.11. The predicted octanol–water partition coefficient (Wildman–Crippen LogP) is 1.58. The minimum absolute atomic E-state index is 0.222. The van der Waals surface area contributed by atoms with Crippen molar-refractivity contribution in [1.82, 2.24) is 0 Å². The van der Waals surface area contributed by atoms with Crippen LogP contribution < -0.4 is 0 Å². The van der Waals surface area contributed by atoms with E-state index in [1.807, 2.05) is 0 Å². The molecule has 0 aromatic carbocycles. The molecule has 1 fully saturated rings. The summed E-state index contributed by atoms with van der Waals surface area (Å²) in [4.78, 5) is 0. The Kier molecular flexibility index (Phi) is 1.19. The number of hydrogen-bond acceptors (Lipinski definition) is 1. The van der Waals surface area contributed by atoms with Gasteiger partial charge < -0.3 is 5.11 Å². The number of allylic oxidation sites excluding steroid dienone is 2. The van der Waals surface area contributed by atoms with Gasteiger partial charge in [-0.05, 0) is 30.1 Å². The van der Waals surface area contributed by atoms with Crippen molar-refractivity contribution in [3.05, 3.63) is 12.2 Å². The van der Waals surface area contributed by atoms with Crippen LogP contribution in [0.25, 0.3) is 0 Å². The molecule has 1 heteroatoms. The van der Waals surface area contributed by atoms with Gasteiger partial charge in [0, 0.05) is 6.61 Å². The first-order valence-electron chi connectivity index (χ1n) is 4.04. The summed E-state index contributed by atoms with van der Waals surface area (Å²) in [6.45, 7) is 2.56. The Labute approximate surface area is 61.8 Å². The lowest BCUT2D eigenvalue weighted by molar-refractivity contribution is 0.116. The number of hydrogen-bond donors (Lipinski definition) is 1. The lowest BCUT2D eigenvalue weighted by Crippen LogP contribution is -2.25. The van der Waals surface area contributed by atoms with Crippen molar-refractivity contribution < 1.29 is 5.11 Å². The fraction of sp³-hybridized carbons (Fsp3) is 0.778. The summed E-state index contributed by atoms with van der Waals surface area (Å²) in [6, 6.07) is 0. The first-order valence-corrected chi connectivity index (χ1v) is 4.04. The predicted molar refractivity (Wildman–Crippen MR) is 40.5 cm³/mol. The first-order chi connectivity index (χ1) is 4.74. The van der Waals surface area contributed by atoms with E-state index in [0.29, 0.717) is 12.5 Å². The van der Waals surface area contributed by atoms with E-state index < -0.39 is 0 Å². The Morgan fingerprint density at radius 1 is 1.60 bits per heavy atom. The Balaban J connectivity index is 2.22. The van der Waals surface area contributed by atoms with Crippen LogP contribution in [0.2, 0.25) is 0 Å². The van der Waals surface area contributed by atoms with Crippen molar-refractivity contribution >= 4 is 0 Å². The smallest absolute Gasteiger partial charge is 0.0490 e. The fourth-order valence-corrected chi connectivity index (χ4v) is 2.37. The molecule has 0 saturated heterocycles. The third-order valence-corrected chi connectivity index (χ3v) is 3.16. The van der Waals surface area contributed by atoms with Crippen molar-refractivity contribution in [3.8, 4) is 0 Å². The molecule has 0 radical (unpaired) electrons. The third kappa shape index (κ3) is 0.671. The first kappa shape index (κ1) is 6.41. The van der Waals surface area contributed by atoms with E-state index in [0.717, 1.165) is 5.92 Å². The Bertz CT molecular complexity index is 174. The van der Waals surface area contributed by atoms with Gasteiger partial charge in [0.25, 0.3) is 0 Å². The van der Waals surface area contributed by atoms with Crippen LogP contribution in [0.3, 0.4) is 0 Å². The van der Waals surface area contributed by atoms with Crippen molar-refractivity contribution in [1.29, 1.82) is 0 Å². The van der Waals surface area contributed by atoms with E-state index in [4.69, 9.17) is 5.11 Å². The molecule has 2 bridgehead atoms. The van der Waals surface area contributed by atoms with Crippen LogP contribution in [0.15, 0.2) is 12.2 Å². The van der Waals surface area contributed by atoms with E-state index in [1.165, 1.54) is 12.8 Å². The maximum absolute atomic E-state index is 9.11. The average molecular weight is 138 g/mol. The van der Waals surface area contributed by atoms with Crippen LogP contribution >= 0.6 is 0 Å².